The zero-order valence-corrected chi connectivity index (χ0v) is 13.3. The molecule has 1 aliphatic rings. The molecule has 1 heterocycles. The third-order valence-electron chi connectivity index (χ3n) is 2.71. The summed E-state index contributed by atoms with van der Waals surface area (Å²) < 4.78 is 11.3. The van der Waals surface area contributed by atoms with E-state index in [0.29, 0.717) is 5.41 Å². The van der Waals surface area contributed by atoms with Crippen LogP contribution < -0.4 is 9.47 Å². The highest BCUT2D eigenvalue weighted by atomic mass is 79.9. The fraction of sp³-hybridized carbons (Fsp3) is 0.571. The van der Waals surface area contributed by atoms with Gasteiger partial charge in [-0.05, 0) is 23.6 Å². The predicted molar refractivity (Wildman–Crippen MR) is 80.3 cm³/mol. The first-order valence-electron chi connectivity index (χ1n) is 6.19. The number of ether oxygens (including phenoxy) is 2. The predicted octanol–water partition coefficient (Wildman–Crippen LogP) is 4.36. The van der Waals surface area contributed by atoms with Crippen molar-refractivity contribution in [3.05, 3.63) is 18.2 Å². The molecular formula is C14H19BrO2S. The highest BCUT2D eigenvalue weighted by Gasteiger charge is 2.17. The molecule has 4 heteroatoms. The van der Waals surface area contributed by atoms with Gasteiger partial charge in [0.15, 0.2) is 11.5 Å². The Labute approximate surface area is 122 Å². The normalized spacial score (nSPS) is 15.3. The van der Waals surface area contributed by atoms with Crippen LogP contribution in [-0.4, -0.2) is 24.3 Å². The average Bonchev–Trinajstić information content (AvgIpc) is 2.61. The number of hydrogen-bond acceptors (Lipinski definition) is 3. The smallest absolute Gasteiger partial charge is 0.162 e. The second kappa shape index (κ2) is 6.20. The molecule has 0 radical (unpaired) electrons. The van der Waals surface area contributed by atoms with Gasteiger partial charge in [0.05, 0.1) is 13.2 Å². The summed E-state index contributed by atoms with van der Waals surface area (Å²) in [5, 5.41) is 1.01. The maximum Gasteiger partial charge on any atom is 0.162 e. The highest BCUT2D eigenvalue weighted by molar-refractivity contribution is 9.09. The Hall–Kier alpha value is -0.350. The van der Waals surface area contributed by atoms with Crippen LogP contribution in [0.1, 0.15) is 20.3 Å². The molecule has 1 aromatic rings. The van der Waals surface area contributed by atoms with E-state index in [1.54, 1.807) is 0 Å². The fourth-order valence-corrected chi connectivity index (χ4v) is 3.03. The minimum atomic E-state index is 0.300. The standard InChI is InChI=1S/C14H19BrO2S/c1-14(2,9-15)10-18-11-4-5-12-13(8-11)17-7-3-6-16-12/h4-5,8H,3,6-7,9-10H2,1-2H3. The summed E-state index contributed by atoms with van der Waals surface area (Å²) in [6.45, 7) is 6.01. The first kappa shape index (κ1) is 14.1. The Morgan fingerprint density at radius 1 is 1.22 bits per heavy atom. The monoisotopic (exact) mass is 330 g/mol. The van der Waals surface area contributed by atoms with Crippen molar-refractivity contribution in [2.75, 3.05) is 24.3 Å². The Bertz CT molecular complexity index is 407. The topological polar surface area (TPSA) is 18.5 Å². The quantitative estimate of drug-likeness (QED) is 0.603. The van der Waals surface area contributed by atoms with E-state index in [1.807, 2.05) is 17.8 Å². The van der Waals surface area contributed by atoms with Crippen molar-refractivity contribution in [3.63, 3.8) is 0 Å². The van der Waals surface area contributed by atoms with Gasteiger partial charge in [-0.2, -0.15) is 0 Å². The summed E-state index contributed by atoms with van der Waals surface area (Å²) in [4.78, 5) is 1.24. The molecule has 0 aromatic heterocycles. The van der Waals surface area contributed by atoms with Gasteiger partial charge in [-0.3, -0.25) is 0 Å². The number of rotatable bonds is 4. The molecule has 2 nitrogen and oxygen atoms in total. The van der Waals surface area contributed by atoms with Gasteiger partial charge in [0.1, 0.15) is 0 Å². The SMILES string of the molecule is CC(C)(CBr)CSc1ccc2c(c1)OCCCO2. The number of alkyl halides is 1. The molecule has 0 fully saturated rings. The molecule has 2 rings (SSSR count). The Morgan fingerprint density at radius 2 is 1.94 bits per heavy atom. The van der Waals surface area contributed by atoms with E-state index in [9.17, 15) is 0 Å². The Balaban J connectivity index is 2.04. The number of hydrogen-bond donors (Lipinski definition) is 0. The van der Waals surface area contributed by atoms with Gasteiger partial charge in [-0.1, -0.05) is 29.8 Å². The van der Waals surface area contributed by atoms with Gasteiger partial charge in [-0.15, -0.1) is 11.8 Å². The van der Waals surface area contributed by atoms with E-state index in [4.69, 9.17) is 9.47 Å². The molecule has 0 atom stereocenters. The van der Waals surface area contributed by atoms with Crippen LogP contribution in [-0.2, 0) is 0 Å². The van der Waals surface area contributed by atoms with Crippen LogP contribution in [0.25, 0.3) is 0 Å². The van der Waals surface area contributed by atoms with E-state index < -0.39 is 0 Å². The van der Waals surface area contributed by atoms with Crippen LogP contribution >= 0.6 is 27.7 Å². The van der Waals surface area contributed by atoms with Crippen LogP contribution in [0, 0.1) is 5.41 Å². The zero-order chi connectivity index (χ0) is 13.0. The average molecular weight is 331 g/mol. The number of benzene rings is 1. The molecule has 0 bridgehead atoms. The van der Waals surface area contributed by atoms with E-state index in [0.717, 1.165) is 42.2 Å². The van der Waals surface area contributed by atoms with E-state index >= 15 is 0 Å². The minimum Gasteiger partial charge on any atom is -0.490 e. The third kappa shape index (κ3) is 3.82. The number of halogens is 1. The lowest BCUT2D eigenvalue weighted by Gasteiger charge is -2.21. The lowest BCUT2D eigenvalue weighted by Crippen LogP contribution is -2.15. The van der Waals surface area contributed by atoms with E-state index in [-0.39, 0.29) is 0 Å². The Morgan fingerprint density at radius 3 is 2.67 bits per heavy atom. The lowest BCUT2D eigenvalue weighted by molar-refractivity contribution is 0.297. The van der Waals surface area contributed by atoms with Gasteiger partial charge >= 0.3 is 0 Å². The maximum atomic E-state index is 5.70. The molecule has 0 saturated heterocycles. The van der Waals surface area contributed by atoms with Crippen molar-refractivity contribution in [2.45, 2.75) is 25.2 Å². The van der Waals surface area contributed by atoms with Crippen molar-refractivity contribution in [3.8, 4) is 11.5 Å². The van der Waals surface area contributed by atoms with Crippen LogP contribution in [0.4, 0.5) is 0 Å². The van der Waals surface area contributed by atoms with Crippen molar-refractivity contribution in [2.24, 2.45) is 5.41 Å². The van der Waals surface area contributed by atoms with Crippen molar-refractivity contribution in [1.82, 2.24) is 0 Å². The molecule has 100 valence electrons. The van der Waals surface area contributed by atoms with Gasteiger partial charge < -0.3 is 9.47 Å². The summed E-state index contributed by atoms with van der Waals surface area (Å²) in [6.07, 6.45) is 0.952. The summed E-state index contributed by atoms with van der Waals surface area (Å²) in [6, 6.07) is 6.22. The van der Waals surface area contributed by atoms with Crippen molar-refractivity contribution in [1.29, 1.82) is 0 Å². The highest BCUT2D eigenvalue weighted by Crippen LogP contribution is 2.36. The summed E-state index contributed by atoms with van der Waals surface area (Å²) in [5.41, 5.74) is 0.300. The van der Waals surface area contributed by atoms with Crippen molar-refractivity contribution >= 4 is 27.7 Å². The number of fused-ring (bicyclic) bond motifs is 1. The lowest BCUT2D eigenvalue weighted by atomic mass is 10.0. The Kier molecular flexibility index (Phi) is 4.84. The van der Waals surface area contributed by atoms with Gasteiger partial charge in [0.25, 0.3) is 0 Å². The molecule has 1 aromatic carbocycles. The largest absolute Gasteiger partial charge is 0.490 e. The van der Waals surface area contributed by atoms with Crippen molar-refractivity contribution < 1.29 is 9.47 Å². The molecule has 0 aliphatic carbocycles. The van der Waals surface area contributed by atoms with Gasteiger partial charge in [0.2, 0.25) is 0 Å². The van der Waals surface area contributed by atoms with Crippen LogP contribution in [0.2, 0.25) is 0 Å². The second-order valence-electron chi connectivity index (χ2n) is 5.25. The minimum absolute atomic E-state index is 0.300. The third-order valence-corrected chi connectivity index (χ3v) is 5.74. The molecule has 0 saturated carbocycles. The zero-order valence-electron chi connectivity index (χ0n) is 10.9. The first-order valence-corrected chi connectivity index (χ1v) is 8.30. The second-order valence-corrected chi connectivity index (χ2v) is 6.86. The van der Waals surface area contributed by atoms with Crippen LogP contribution in [0.5, 0.6) is 11.5 Å². The maximum absolute atomic E-state index is 5.70. The molecular weight excluding hydrogens is 312 g/mol. The van der Waals surface area contributed by atoms with E-state index in [2.05, 4.69) is 41.9 Å². The molecule has 0 N–H and O–H groups in total. The molecule has 0 spiro atoms. The first-order chi connectivity index (χ1) is 8.61. The molecule has 0 unspecified atom stereocenters. The van der Waals surface area contributed by atoms with Crippen LogP contribution in [0.15, 0.2) is 23.1 Å². The molecule has 0 amide bonds. The summed E-state index contributed by atoms with van der Waals surface area (Å²) in [7, 11) is 0. The number of thioether (sulfide) groups is 1. The molecule has 18 heavy (non-hydrogen) atoms. The van der Waals surface area contributed by atoms with Crippen LogP contribution in [0.3, 0.4) is 0 Å². The van der Waals surface area contributed by atoms with Gasteiger partial charge in [-0.25, -0.2) is 0 Å². The molecule has 1 aliphatic heterocycles. The van der Waals surface area contributed by atoms with E-state index in [1.165, 1.54) is 4.90 Å². The fourth-order valence-electron chi connectivity index (χ4n) is 1.55. The summed E-state index contributed by atoms with van der Waals surface area (Å²) in [5.74, 6) is 2.84. The van der Waals surface area contributed by atoms with Gasteiger partial charge in [0, 0.05) is 22.4 Å². The summed E-state index contributed by atoms with van der Waals surface area (Å²) >= 11 is 5.42.